The van der Waals surface area contributed by atoms with Gasteiger partial charge < -0.3 is 20.1 Å². The molecule has 1 saturated heterocycles. The Morgan fingerprint density at radius 2 is 2.06 bits per heavy atom. The summed E-state index contributed by atoms with van der Waals surface area (Å²) in [5.41, 5.74) is 3.83. The fraction of sp³-hybridized carbons (Fsp3) is 0.292. The smallest absolute Gasteiger partial charge is 0.133 e. The van der Waals surface area contributed by atoms with Gasteiger partial charge in [-0.25, -0.2) is 19.3 Å². The fourth-order valence-corrected chi connectivity index (χ4v) is 5.22. The van der Waals surface area contributed by atoms with Crippen LogP contribution in [0.3, 0.4) is 0 Å². The summed E-state index contributed by atoms with van der Waals surface area (Å²) in [6.07, 6.45) is 0.416. The topological polar surface area (TPSA) is 83.4 Å². The third-order valence-electron chi connectivity index (χ3n) is 5.82. The molecule has 176 valence electrons. The number of morpholine rings is 1. The number of ether oxygens (including phenoxy) is 1. The Hall–Kier alpha value is -2.63. The van der Waals surface area contributed by atoms with Crippen molar-refractivity contribution in [1.29, 1.82) is 0 Å². The normalized spacial score (nSPS) is 15.1. The van der Waals surface area contributed by atoms with Crippen LogP contribution >= 0.6 is 24.0 Å². The Balaban J connectivity index is 1.54. The van der Waals surface area contributed by atoms with Crippen LogP contribution in [0.4, 0.5) is 10.1 Å². The predicted octanol–water partition coefficient (Wildman–Crippen LogP) is 3.82. The number of halogens is 1. The lowest BCUT2D eigenvalue weighted by molar-refractivity contribution is 0.122. The van der Waals surface area contributed by atoms with Gasteiger partial charge in [-0.05, 0) is 37.4 Å². The molecule has 4 aromatic rings. The van der Waals surface area contributed by atoms with E-state index < -0.39 is 11.9 Å². The minimum Gasteiger partial charge on any atom is -0.381 e. The van der Waals surface area contributed by atoms with Crippen molar-refractivity contribution < 1.29 is 14.2 Å². The van der Waals surface area contributed by atoms with Gasteiger partial charge in [-0.2, -0.15) is 0 Å². The van der Waals surface area contributed by atoms with Gasteiger partial charge in [0.25, 0.3) is 0 Å². The average Bonchev–Trinajstić information content (AvgIpc) is 3.33. The number of aromatic nitrogens is 3. The number of fused-ring (bicyclic) bond motifs is 1. The molecule has 2 N–H and O–H groups in total. The third-order valence-corrected chi connectivity index (χ3v) is 7.16. The highest BCUT2D eigenvalue weighted by Crippen LogP contribution is 2.36. The molecule has 7 nitrogen and oxygen atoms in total. The average molecular weight is 498 g/mol. The van der Waals surface area contributed by atoms with Crippen molar-refractivity contribution in [3.8, 4) is 11.3 Å². The molecule has 0 aliphatic carbocycles. The maximum atomic E-state index is 15.2. The Bertz CT molecular complexity index is 1330. The van der Waals surface area contributed by atoms with E-state index in [1.165, 1.54) is 23.7 Å². The Morgan fingerprint density at radius 1 is 1.24 bits per heavy atom. The number of nitrogens with one attached hydrogen (secondary N) is 1. The lowest BCUT2D eigenvalue weighted by Gasteiger charge is -2.29. The molecule has 0 radical (unpaired) electrons. The maximum absolute atomic E-state index is 15.2. The first-order valence-electron chi connectivity index (χ1n) is 10.9. The summed E-state index contributed by atoms with van der Waals surface area (Å²) in [4.78, 5) is 15.9. The van der Waals surface area contributed by atoms with Crippen LogP contribution in [-0.4, -0.2) is 53.4 Å². The van der Waals surface area contributed by atoms with Gasteiger partial charge in [0.05, 0.1) is 30.1 Å². The number of aliphatic hydroxyl groups is 1. The van der Waals surface area contributed by atoms with Gasteiger partial charge >= 0.3 is 0 Å². The van der Waals surface area contributed by atoms with Gasteiger partial charge in [-0.3, -0.25) is 0 Å². The van der Waals surface area contributed by atoms with E-state index in [1.54, 1.807) is 6.07 Å². The number of hydrogen-bond acceptors (Lipinski definition) is 9. The van der Waals surface area contributed by atoms with Gasteiger partial charge in [-0.15, -0.1) is 24.0 Å². The second-order valence-corrected chi connectivity index (χ2v) is 9.40. The van der Waals surface area contributed by atoms with Crippen LogP contribution in [0, 0.1) is 5.82 Å². The number of benzene rings is 2. The molecule has 5 rings (SSSR count). The summed E-state index contributed by atoms with van der Waals surface area (Å²) in [5, 5.41) is 17.2. The molecule has 1 aliphatic rings. The van der Waals surface area contributed by atoms with Crippen molar-refractivity contribution in [2.75, 3.05) is 38.3 Å². The SMILES string of the molecule is CNCc1csc(C(O)c2cc(-c3ncnc4cc(N5CCOCC5)ccc34)c(F)cc2S)n1. The largest absolute Gasteiger partial charge is 0.381 e. The molecule has 1 aliphatic heterocycles. The summed E-state index contributed by atoms with van der Waals surface area (Å²) in [6, 6.07) is 8.84. The van der Waals surface area contributed by atoms with Crippen molar-refractivity contribution in [2.45, 2.75) is 17.5 Å². The van der Waals surface area contributed by atoms with Crippen LogP contribution in [0.2, 0.25) is 0 Å². The lowest BCUT2D eigenvalue weighted by Crippen LogP contribution is -2.36. The molecule has 1 atom stereocenters. The van der Waals surface area contributed by atoms with Crippen LogP contribution in [0.15, 0.2) is 46.9 Å². The second-order valence-electron chi connectivity index (χ2n) is 8.02. The molecule has 10 heteroatoms. The fourth-order valence-electron chi connectivity index (χ4n) is 4.10. The lowest BCUT2D eigenvalue weighted by atomic mass is 10.0. The van der Waals surface area contributed by atoms with E-state index in [4.69, 9.17) is 4.74 Å². The predicted molar refractivity (Wildman–Crippen MR) is 134 cm³/mol. The second kappa shape index (κ2) is 9.93. The number of aliphatic hydroxyl groups excluding tert-OH is 1. The molecule has 1 unspecified atom stereocenters. The van der Waals surface area contributed by atoms with E-state index in [0.717, 1.165) is 35.4 Å². The molecule has 2 aromatic heterocycles. The van der Waals surface area contributed by atoms with E-state index in [0.29, 0.717) is 40.9 Å². The van der Waals surface area contributed by atoms with Crippen molar-refractivity contribution in [1.82, 2.24) is 20.3 Å². The molecule has 2 aromatic carbocycles. The van der Waals surface area contributed by atoms with Crippen LogP contribution < -0.4 is 10.2 Å². The number of hydrogen-bond donors (Lipinski definition) is 3. The Labute approximate surface area is 206 Å². The van der Waals surface area contributed by atoms with E-state index >= 15 is 4.39 Å². The van der Waals surface area contributed by atoms with Crippen LogP contribution in [0.5, 0.6) is 0 Å². The Morgan fingerprint density at radius 3 is 2.85 bits per heavy atom. The summed E-state index contributed by atoms with van der Waals surface area (Å²) in [6.45, 7) is 3.61. The molecule has 0 bridgehead atoms. The number of rotatable bonds is 6. The number of thiol groups is 1. The number of anilines is 1. The van der Waals surface area contributed by atoms with E-state index in [-0.39, 0.29) is 5.56 Å². The Kier molecular flexibility index (Phi) is 6.75. The van der Waals surface area contributed by atoms with Crippen molar-refractivity contribution in [3.05, 3.63) is 64.1 Å². The molecule has 3 heterocycles. The van der Waals surface area contributed by atoms with Crippen molar-refractivity contribution in [3.63, 3.8) is 0 Å². The first kappa shape index (κ1) is 23.1. The van der Waals surface area contributed by atoms with Gasteiger partial charge in [-0.1, -0.05) is 0 Å². The summed E-state index contributed by atoms with van der Waals surface area (Å²) in [7, 11) is 1.84. The monoisotopic (exact) mass is 497 g/mol. The van der Waals surface area contributed by atoms with E-state index in [2.05, 4.69) is 37.8 Å². The zero-order valence-electron chi connectivity index (χ0n) is 18.5. The minimum atomic E-state index is -1.02. The van der Waals surface area contributed by atoms with Crippen LogP contribution in [0.1, 0.15) is 22.4 Å². The van der Waals surface area contributed by atoms with E-state index in [9.17, 15) is 5.11 Å². The molecule has 0 amide bonds. The van der Waals surface area contributed by atoms with Crippen LogP contribution in [0.25, 0.3) is 22.2 Å². The summed E-state index contributed by atoms with van der Waals surface area (Å²) < 4.78 is 20.6. The zero-order valence-corrected chi connectivity index (χ0v) is 20.2. The minimum absolute atomic E-state index is 0.283. The molecule has 34 heavy (non-hydrogen) atoms. The molecule has 0 spiro atoms. The maximum Gasteiger partial charge on any atom is 0.133 e. The summed E-state index contributed by atoms with van der Waals surface area (Å²) >= 11 is 5.78. The standard InChI is InChI=1S/C24H24FN5O2S2/c1-26-11-14-12-34-24(29-14)23(31)18-9-17(19(25)10-21(18)33)22-16-3-2-15(8-20(16)27-13-28-22)30-4-6-32-7-5-30/h2-3,8-10,12-13,23,26,31,33H,4-7,11H2,1H3. The molecule has 1 fully saturated rings. The number of thiazole rings is 1. The van der Waals surface area contributed by atoms with Gasteiger partial charge in [0.1, 0.15) is 23.3 Å². The van der Waals surface area contributed by atoms with Gasteiger partial charge in [0.15, 0.2) is 0 Å². The van der Waals surface area contributed by atoms with Crippen molar-refractivity contribution in [2.24, 2.45) is 0 Å². The highest BCUT2D eigenvalue weighted by atomic mass is 32.1. The first-order valence-corrected chi connectivity index (χ1v) is 12.2. The third kappa shape index (κ3) is 4.51. The summed E-state index contributed by atoms with van der Waals surface area (Å²) in [5.74, 6) is -0.465. The molecular formula is C24H24FN5O2S2. The molecular weight excluding hydrogens is 473 g/mol. The highest BCUT2D eigenvalue weighted by Gasteiger charge is 2.22. The zero-order chi connectivity index (χ0) is 23.7. The number of nitrogens with zero attached hydrogens (tertiary/aromatic N) is 4. The molecule has 0 saturated carbocycles. The quantitative estimate of drug-likeness (QED) is 0.349. The van der Waals surface area contributed by atoms with Gasteiger partial charge in [0, 0.05) is 52.1 Å². The van der Waals surface area contributed by atoms with E-state index in [1.807, 2.05) is 30.6 Å². The first-order chi connectivity index (χ1) is 16.5. The van der Waals surface area contributed by atoms with Gasteiger partial charge in [0.2, 0.25) is 0 Å². The van der Waals surface area contributed by atoms with Crippen molar-refractivity contribution >= 4 is 40.6 Å². The highest BCUT2D eigenvalue weighted by molar-refractivity contribution is 7.80. The van der Waals surface area contributed by atoms with Crippen LogP contribution in [-0.2, 0) is 11.3 Å².